The molecule has 1 saturated heterocycles. The number of carbonyl (C=O) groups is 5. The molecule has 7 aromatic carbocycles. The van der Waals surface area contributed by atoms with Crippen LogP contribution in [0.15, 0.2) is 222 Å². The minimum Gasteiger partial charge on any atom is -0.870 e. The van der Waals surface area contributed by atoms with Crippen molar-refractivity contribution < 1.29 is 159 Å². The molecular weight excluding hydrogens is 1890 g/mol. The molecule has 4 N–H and O–H groups in total. The van der Waals surface area contributed by atoms with Crippen LogP contribution in [-0.2, 0) is 88.7 Å². The second-order valence-electron chi connectivity index (χ2n) is 28.2. The van der Waals surface area contributed by atoms with E-state index < -0.39 is 71.8 Å². The Bertz CT molecular complexity index is 5410. The zero-order valence-corrected chi connectivity index (χ0v) is 76.6. The van der Waals surface area contributed by atoms with E-state index in [2.05, 4.69) is 44.8 Å². The molecule has 0 saturated carbocycles. The van der Waals surface area contributed by atoms with Gasteiger partial charge in [-0.05, 0) is 252 Å². The predicted octanol–water partition coefficient (Wildman–Crippen LogP) is 20.7. The smallest absolute Gasteiger partial charge is 0.870 e. The van der Waals surface area contributed by atoms with Crippen molar-refractivity contribution in [2.75, 3.05) is 52.6 Å². The monoisotopic (exact) mass is 1970 g/mol. The molecule has 3 aliphatic rings. The van der Waals surface area contributed by atoms with Gasteiger partial charge in [-0.25, -0.2) is 9.59 Å². The van der Waals surface area contributed by atoms with Crippen LogP contribution < -0.4 is 44.5 Å². The minimum absolute atomic E-state index is 0. The van der Waals surface area contributed by atoms with Gasteiger partial charge in [-0.3, -0.25) is 24.2 Å². The first-order chi connectivity index (χ1) is 60.2. The number of hydrogen-bond donors (Lipinski definition) is 3. The predicted molar refractivity (Wildman–Crippen MR) is 469 cm³/mol. The summed E-state index contributed by atoms with van der Waals surface area (Å²) < 4.78 is 209. The van der Waals surface area contributed by atoms with E-state index in [9.17, 15) is 89.8 Å². The molecule has 129 heavy (non-hydrogen) atoms. The fourth-order valence-electron chi connectivity index (χ4n) is 12.6. The van der Waals surface area contributed by atoms with Crippen LogP contribution in [0, 0.1) is 0 Å². The van der Waals surface area contributed by atoms with Gasteiger partial charge in [0.2, 0.25) is 0 Å². The van der Waals surface area contributed by atoms with E-state index in [1.807, 2.05) is 54.6 Å². The van der Waals surface area contributed by atoms with Crippen LogP contribution in [0.1, 0.15) is 116 Å². The molecule has 1 fully saturated rings. The maximum absolute atomic E-state index is 12.8. The molecule has 0 amide bonds. The molecule has 1 unspecified atom stereocenters. The number of carboxylic acid groups (broad SMARTS) is 1. The molecule has 5 aromatic heterocycles. The summed E-state index contributed by atoms with van der Waals surface area (Å²) in [6.07, 6.45) is -12.8. The summed E-state index contributed by atoms with van der Waals surface area (Å²) in [5.41, 5.74) is 4.46. The third-order valence-electron chi connectivity index (χ3n) is 19.1. The number of rotatable bonds is 19. The second kappa shape index (κ2) is 50.5. The Kier molecular flexibility index (Phi) is 41.8. The molecule has 0 aliphatic carbocycles. The molecule has 1 atom stereocenters. The molecule has 12 aromatic rings. The van der Waals surface area contributed by atoms with Crippen molar-refractivity contribution >= 4 is 116 Å². The normalized spacial score (nSPS) is 13.8. The van der Waals surface area contributed by atoms with Crippen molar-refractivity contribution in [3.8, 4) is 53.3 Å². The Hall–Kier alpha value is -9.16. The number of aldehydes is 3. The van der Waals surface area contributed by atoms with E-state index >= 15 is 0 Å². The maximum Gasteiger partial charge on any atom is 1.00 e. The summed E-state index contributed by atoms with van der Waals surface area (Å²) in [5, 5.41) is 26.0. The third kappa shape index (κ3) is 34.8. The third-order valence-corrected chi connectivity index (χ3v) is 25.0. The van der Waals surface area contributed by atoms with Gasteiger partial charge in [-0.2, -0.15) is 65.9 Å². The SMILES string of the molecule is CC1CCCO1.CCOC(=O)COc1ccc2c(c1)CCN(Cc1ccc(-c3ccc(C(F)(F)F)cc3)s1)CC2.O=C(O)COc1ccc2c(c1)CCN(Cc1ccc(-c3ccc(C(F)(F)F)cc3)s1)CC2.O=Cc1ccc(-c2ccc(C(F)(F)F)cc2)s1.O=Cc1ccc(-c2ccc(C(F)(F)F)cc2)s1.O=Cc1ccc(Br)s1.OB(O)c1ccc(C(F)(F)F)cc1.[Na+].[OH-]. The summed E-state index contributed by atoms with van der Waals surface area (Å²) in [6.45, 7) is 9.89. The van der Waals surface area contributed by atoms with E-state index in [0.717, 1.165) is 207 Å². The number of benzene rings is 7. The Morgan fingerprint density at radius 2 is 0.775 bits per heavy atom. The molecule has 3 aliphatic heterocycles. The number of aliphatic carboxylic acids is 1. The van der Waals surface area contributed by atoms with Crippen LogP contribution in [0.5, 0.6) is 11.5 Å². The van der Waals surface area contributed by atoms with E-state index in [-0.39, 0.29) is 59.7 Å². The fourth-order valence-corrected chi connectivity index (χ4v) is 17.6. The molecule has 15 nitrogen and oxygen atoms in total. The van der Waals surface area contributed by atoms with Crippen LogP contribution in [0.25, 0.3) is 41.8 Å². The average Bonchev–Trinajstić information content (AvgIpc) is 1.75. The number of halogens is 16. The zero-order chi connectivity index (χ0) is 92.2. The van der Waals surface area contributed by atoms with Crippen LogP contribution in [-0.4, -0.2) is 127 Å². The fraction of sp³-hybridized carbons (Fsp3) is 0.264. The van der Waals surface area contributed by atoms with E-state index in [4.69, 9.17) is 34.1 Å². The minimum atomic E-state index is -4.39. The van der Waals surface area contributed by atoms with Crippen LogP contribution in [0.2, 0.25) is 0 Å². The topological polar surface area (TPSA) is 219 Å². The van der Waals surface area contributed by atoms with E-state index in [1.165, 1.54) is 123 Å². The summed E-state index contributed by atoms with van der Waals surface area (Å²) in [6, 6.07) is 54.1. The van der Waals surface area contributed by atoms with Crippen molar-refractivity contribution in [3.63, 3.8) is 0 Å². The number of esters is 1. The summed E-state index contributed by atoms with van der Waals surface area (Å²) >= 11 is 10.4. The molecule has 8 heterocycles. The molecule has 38 heteroatoms. The number of carboxylic acids is 1. The van der Waals surface area contributed by atoms with Crippen LogP contribution in [0.4, 0.5) is 65.9 Å². The van der Waals surface area contributed by atoms with Gasteiger partial charge in [0, 0.05) is 75.1 Å². The number of ether oxygens (including phenoxy) is 4. The maximum atomic E-state index is 12.8. The first-order valence-electron chi connectivity index (χ1n) is 38.9. The van der Waals surface area contributed by atoms with E-state index in [1.54, 1.807) is 59.9 Å². The van der Waals surface area contributed by atoms with Crippen molar-refractivity contribution in [2.45, 2.75) is 102 Å². The number of fused-ring (bicyclic) bond motifs is 2. The average molecular weight is 1970 g/mol. The van der Waals surface area contributed by atoms with Crippen molar-refractivity contribution in [1.82, 2.24) is 9.80 Å². The number of carbonyl (C=O) groups excluding carboxylic acids is 4. The van der Waals surface area contributed by atoms with Gasteiger partial charge in [0.1, 0.15) is 11.5 Å². The molecular formula is C91H82BBrF15N2NaO13S5. The van der Waals surface area contributed by atoms with Gasteiger partial charge in [0.25, 0.3) is 0 Å². The largest absolute Gasteiger partial charge is 1.00 e. The number of hydrogen-bond acceptors (Lipinski definition) is 19. The Morgan fingerprint density at radius 1 is 0.450 bits per heavy atom. The second-order valence-corrected chi connectivity index (χ2v) is 35.3. The first-order valence-corrected chi connectivity index (χ1v) is 43.8. The molecule has 15 rings (SSSR count). The Labute approximate surface area is 783 Å². The van der Waals surface area contributed by atoms with Gasteiger partial charge in [0.15, 0.2) is 32.1 Å². The molecule has 0 radical (unpaired) electrons. The molecule has 0 spiro atoms. The Balaban J connectivity index is 0.000000219. The van der Waals surface area contributed by atoms with Crippen LogP contribution >= 0.6 is 72.6 Å². The summed E-state index contributed by atoms with van der Waals surface area (Å²) in [5.74, 6) is -0.147. The van der Waals surface area contributed by atoms with Crippen molar-refractivity contribution in [3.05, 3.63) is 297 Å². The summed E-state index contributed by atoms with van der Waals surface area (Å²) in [4.78, 5) is 65.7. The quantitative estimate of drug-likeness (QED) is 0.0297. The standard InChI is InChI=1S/C26H26F3NO3S.C24H22F3NO3S.2C12H7F3OS.C7H6BF3O2.C5H3BrOS.C5H10O.Na.H2O/c1-2-32-25(31)17-33-22-8-5-18-11-13-30(14-12-20(18)15-22)16-23-9-10-24(34-23)19-3-6-21(7-4-19)26(27,28)29;25-24(26,27)19-4-1-17(2-5-19)22-8-7-21(32-22)14-28-11-9-16-3-6-20(31-15-23(29)30)13-18(16)10-12-28;2*13-12(14,15)9-3-1-8(2-4-9)11-6-5-10(7-16)17-11;9-7(10,11)5-1-3-6(4-2-5)8(12)13;6-5-2-1-4(3-7)8-5;1-5-3-2-4-6-5;;/h3-10,15H,2,11-14,16-17H2,1H3;1-8,13H,9-12,14-15H2,(H,29,30);2*1-7H;1-4,12-13H;1-3H;5H,2-4H2,1H3;;1H2/q;;;;;;;+1;/p-1. The van der Waals surface area contributed by atoms with Crippen LogP contribution in [0.3, 0.4) is 0 Å². The number of nitrogens with zero attached hydrogens (tertiary/aromatic N) is 2. The van der Waals surface area contributed by atoms with Gasteiger partial charge in [-0.15, -0.1) is 56.7 Å². The number of alkyl halides is 15. The summed E-state index contributed by atoms with van der Waals surface area (Å²) in [7, 11) is -1.73. The molecule has 0 bridgehead atoms. The van der Waals surface area contributed by atoms with Gasteiger partial charge >= 0.3 is 79.5 Å². The number of thiophene rings is 5. The Morgan fingerprint density at radius 3 is 1.05 bits per heavy atom. The first kappa shape index (κ1) is 107. The van der Waals surface area contributed by atoms with Crippen molar-refractivity contribution in [1.29, 1.82) is 0 Å². The van der Waals surface area contributed by atoms with Gasteiger partial charge in [-0.1, -0.05) is 84.9 Å². The zero-order valence-electron chi connectivity index (χ0n) is 68.9. The van der Waals surface area contributed by atoms with E-state index in [0.29, 0.717) is 45.1 Å². The molecule has 680 valence electrons. The van der Waals surface area contributed by atoms with Gasteiger partial charge in [0.05, 0.1) is 58.9 Å². The van der Waals surface area contributed by atoms with Crippen molar-refractivity contribution in [2.24, 2.45) is 0 Å². The van der Waals surface area contributed by atoms with Gasteiger partial charge < -0.3 is 39.6 Å².